The number of ether oxygens (including phenoxy) is 2. The summed E-state index contributed by atoms with van der Waals surface area (Å²) in [5.74, 6) is 1.18. The Balaban J connectivity index is 2.24. The van der Waals surface area contributed by atoms with Crippen LogP contribution < -0.4 is 10.5 Å². The maximum atomic E-state index is 11.5. The fraction of sp³-hybridized carbons (Fsp3) is 0.700. The third-order valence-electron chi connectivity index (χ3n) is 4.66. The molecule has 0 saturated heterocycles. The first-order chi connectivity index (χ1) is 12.4. The fourth-order valence-electron chi connectivity index (χ4n) is 3.53. The molecule has 2 rings (SSSR count). The maximum absolute atomic E-state index is 11.5. The number of rotatable bonds is 8. The Labute approximate surface area is 175 Å². The van der Waals surface area contributed by atoms with E-state index in [9.17, 15) is 4.79 Å². The maximum Gasteiger partial charge on any atom is 0.404 e. The van der Waals surface area contributed by atoms with Crippen LogP contribution in [0.3, 0.4) is 0 Å². The van der Waals surface area contributed by atoms with Gasteiger partial charge in [0.05, 0.1) is 6.61 Å². The van der Waals surface area contributed by atoms with Gasteiger partial charge in [0.1, 0.15) is 10.7 Å². The van der Waals surface area contributed by atoms with Gasteiger partial charge >= 0.3 is 6.09 Å². The third kappa shape index (κ3) is 7.15. The first-order valence-corrected chi connectivity index (χ1v) is 10.5. The minimum atomic E-state index is -0.773. The number of primary amides is 1. The summed E-state index contributed by atoms with van der Waals surface area (Å²) in [6.45, 7) is 11.3. The zero-order valence-electron chi connectivity index (χ0n) is 16.8. The van der Waals surface area contributed by atoms with Gasteiger partial charge in [-0.3, -0.25) is 0 Å². The standard InChI is InChI=1S/C20H30BrClN2O3/c1-19(2,3)11-20(4,5)15(27-18(23)25)9-13-8-14(17(22)24-16(13)21)26-10-12-6-7-12/h8,12,15H,6-7,9-11H2,1-5H3,(H2,23,25). The van der Waals surface area contributed by atoms with Crippen LogP contribution in [0.15, 0.2) is 10.7 Å². The van der Waals surface area contributed by atoms with Crippen LogP contribution >= 0.6 is 27.5 Å². The van der Waals surface area contributed by atoms with Gasteiger partial charge in [-0.15, -0.1) is 0 Å². The van der Waals surface area contributed by atoms with E-state index in [4.69, 9.17) is 26.8 Å². The van der Waals surface area contributed by atoms with Gasteiger partial charge in [0, 0.05) is 11.8 Å². The van der Waals surface area contributed by atoms with Crippen LogP contribution in [-0.4, -0.2) is 23.8 Å². The number of nitrogens with zero attached hydrogens (tertiary/aromatic N) is 1. The van der Waals surface area contributed by atoms with Crippen LogP contribution in [0.1, 0.15) is 59.4 Å². The van der Waals surface area contributed by atoms with Gasteiger partial charge in [-0.1, -0.05) is 46.2 Å². The molecule has 0 spiro atoms. The lowest BCUT2D eigenvalue weighted by Gasteiger charge is -2.38. The summed E-state index contributed by atoms with van der Waals surface area (Å²) in [6.07, 6.45) is 2.56. The molecule has 27 heavy (non-hydrogen) atoms. The number of hydrogen-bond donors (Lipinski definition) is 1. The molecule has 0 bridgehead atoms. The van der Waals surface area contributed by atoms with Crippen molar-refractivity contribution in [2.45, 2.75) is 66.4 Å². The molecule has 1 heterocycles. The Hall–Kier alpha value is -1.01. The van der Waals surface area contributed by atoms with Gasteiger partial charge < -0.3 is 15.2 Å². The largest absolute Gasteiger partial charge is 0.490 e. The molecule has 0 aliphatic heterocycles. The number of aromatic nitrogens is 1. The van der Waals surface area contributed by atoms with Crippen LogP contribution in [0, 0.1) is 16.7 Å². The van der Waals surface area contributed by atoms with E-state index >= 15 is 0 Å². The van der Waals surface area contributed by atoms with Gasteiger partial charge in [-0.05, 0) is 58.2 Å². The molecular formula is C20H30BrClN2O3. The van der Waals surface area contributed by atoms with E-state index in [1.165, 1.54) is 12.8 Å². The number of carbonyl (C=O) groups is 1. The zero-order valence-corrected chi connectivity index (χ0v) is 19.1. The highest BCUT2D eigenvalue weighted by Crippen LogP contribution is 2.40. The lowest BCUT2D eigenvalue weighted by Crippen LogP contribution is -2.39. The molecule has 7 heteroatoms. The van der Waals surface area contributed by atoms with Crippen molar-refractivity contribution in [1.82, 2.24) is 4.98 Å². The Bertz CT molecular complexity index is 685. The van der Waals surface area contributed by atoms with Crippen LogP contribution in [0.4, 0.5) is 4.79 Å². The SMILES string of the molecule is CC(C)(C)CC(C)(C)C(Cc1cc(OCC2CC2)c(Cl)nc1Br)OC(N)=O. The van der Waals surface area contributed by atoms with Crippen molar-refractivity contribution in [3.63, 3.8) is 0 Å². The first kappa shape index (κ1) is 22.3. The van der Waals surface area contributed by atoms with E-state index in [0.717, 1.165) is 12.0 Å². The van der Waals surface area contributed by atoms with Crippen LogP contribution in [0.5, 0.6) is 5.75 Å². The second kappa shape index (κ2) is 8.56. The Morgan fingerprint density at radius 3 is 2.52 bits per heavy atom. The summed E-state index contributed by atoms with van der Waals surface area (Å²) in [5.41, 5.74) is 6.03. The molecule has 2 N–H and O–H groups in total. The first-order valence-electron chi connectivity index (χ1n) is 9.31. The second-order valence-corrected chi connectivity index (χ2v) is 10.4. The fourth-order valence-corrected chi connectivity index (χ4v) is 4.27. The number of halogens is 2. The molecule has 1 amide bonds. The minimum Gasteiger partial charge on any atom is -0.490 e. The van der Waals surface area contributed by atoms with E-state index < -0.39 is 12.2 Å². The number of pyridine rings is 1. The summed E-state index contributed by atoms with van der Waals surface area (Å²) in [7, 11) is 0. The zero-order chi connectivity index (χ0) is 20.4. The average Bonchev–Trinajstić information content (AvgIpc) is 3.29. The predicted molar refractivity (Wildman–Crippen MR) is 111 cm³/mol. The molecular weight excluding hydrogens is 432 g/mol. The lowest BCUT2D eigenvalue weighted by molar-refractivity contribution is 0.00610. The van der Waals surface area contributed by atoms with E-state index in [0.29, 0.717) is 34.5 Å². The van der Waals surface area contributed by atoms with Gasteiger partial charge in [0.2, 0.25) is 0 Å². The summed E-state index contributed by atoms with van der Waals surface area (Å²) in [5, 5.41) is 0.326. The Morgan fingerprint density at radius 2 is 2.00 bits per heavy atom. The van der Waals surface area contributed by atoms with Gasteiger partial charge in [0.15, 0.2) is 10.9 Å². The van der Waals surface area contributed by atoms with Gasteiger partial charge in [-0.25, -0.2) is 9.78 Å². The molecule has 1 fully saturated rings. The third-order valence-corrected chi connectivity index (χ3v) is 5.62. The summed E-state index contributed by atoms with van der Waals surface area (Å²) >= 11 is 9.71. The molecule has 1 atom stereocenters. The van der Waals surface area contributed by atoms with E-state index in [2.05, 4.69) is 55.5 Å². The van der Waals surface area contributed by atoms with Crippen LogP contribution in [-0.2, 0) is 11.2 Å². The van der Waals surface area contributed by atoms with Crippen LogP contribution in [0.25, 0.3) is 0 Å². The highest BCUT2D eigenvalue weighted by Gasteiger charge is 2.36. The van der Waals surface area contributed by atoms with Gasteiger partial charge in [0.25, 0.3) is 0 Å². The van der Waals surface area contributed by atoms with Crippen molar-refractivity contribution in [1.29, 1.82) is 0 Å². The molecule has 1 saturated carbocycles. The Kier molecular flexibility index (Phi) is 7.06. The van der Waals surface area contributed by atoms with Crippen molar-refractivity contribution in [2.75, 3.05) is 6.61 Å². The summed E-state index contributed by atoms with van der Waals surface area (Å²) in [4.78, 5) is 15.9. The van der Waals surface area contributed by atoms with E-state index in [-0.39, 0.29) is 10.8 Å². The molecule has 1 unspecified atom stereocenters. The summed E-state index contributed by atoms with van der Waals surface area (Å²) in [6, 6.07) is 1.88. The number of nitrogens with two attached hydrogens (primary N) is 1. The molecule has 0 aromatic carbocycles. The monoisotopic (exact) mass is 460 g/mol. The lowest BCUT2D eigenvalue weighted by atomic mass is 9.71. The number of hydrogen-bond acceptors (Lipinski definition) is 4. The molecule has 152 valence electrons. The molecule has 1 aromatic heterocycles. The highest BCUT2D eigenvalue weighted by molar-refractivity contribution is 9.10. The number of carbonyl (C=O) groups excluding carboxylic acids is 1. The normalized spacial score (nSPS) is 16.1. The second-order valence-electron chi connectivity index (χ2n) is 9.34. The average molecular weight is 462 g/mol. The van der Waals surface area contributed by atoms with Crippen molar-refractivity contribution >= 4 is 33.6 Å². The molecule has 5 nitrogen and oxygen atoms in total. The molecule has 1 aromatic rings. The predicted octanol–water partition coefficient (Wildman–Crippen LogP) is 5.76. The van der Waals surface area contributed by atoms with Crippen molar-refractivity contribution < 1.29 is 14.3 Å². The number of amides is 1. The molecule has 0 radical (unpaired) electrons. The minimum absolute atomic E-state index is 0.0801. The molecule has 1 aliphatic rings. The van der Waals surface area contributed by atoms with Crippen molar-refractivity contribution in [2.24, 2.45) is 22.5 Å². The van der Waals surface area contributed by atoms with Crippen molar-refractivity contribution in [3.8, 4) is 5.75 Å². The highest BCUT2D eigenvalue weighted by atomic mass is 79.9. The Morgan fingerprint density at radius 1 is 1.37 bits per heavy atom. The topological polar surface area (TPSA) is 74.4 Å². The van der Waals surface area contributed by atoms with Crippen LogP contribution in [0.2, 0.25) is 5.15 Å². The van der Waals surface area contributed by atoms with E-state index in [1.807, 2.05) is 6.07 Å². The smallest absolute Gasteiger partial charge is 0.404 e. The quantitative estimate of drug-likeness (QED) is 0.500. The van der Waals surface area contributed by atoms with Crippen molar-refractivity contribution in [3.05, 3.63) is 21.4 Å². The van der Waals surface area contributed by atoms with E-state index in [1.54, 1.807) is 0 Å². The van der Waals surface area contributed by atoms with Gasteiger partial charge in [-0.2, -0.15) is 0 Å². The molecule has 1 aliphatic carbocycles. The summed E-state index contributed by atoms with van der Waals surface area (Å²) < 4.78 is 12.0.